The number of aromatic nitrogens is 2. The predicted octanol–water partition coefficient (Wildman–Crippen LogP) is 0.587. The Morgan fingerprint density at radius 3 is 2.91 bits per heavy atom. The molecule has 0 fully saturated rings. The highest BCUT2D eigenvalue weighted by molar-refractivity contribution is 5.80. The molecule has 0 aliphatic rings. The van der Waals surface area contributed by atoms with Gasteiger partial charge in [-0.25, -0.2) is 9.37 Å². The number of nitrogens with zero attached hydrogens (tertiary/aromatic N) is 2. The molecule has 4 nitrogen and oxygen atoms in total. The van der Waals surface area contributed by atoms with Gasteiger partial charge < -0.3 is 11.1 Å². The van der Waals surface area contributed by atoms with Gasteiger partial charge in [-0.3, -0.25) is 4.57 Å². The van der Waals surface area contributed by atoms with E-state index in [1.165, 1.54) is 23.3 Å². The van der Waals surface area contributed by atoms with Crippen LogP contribution in [0.15, 0.2) is 24.5 Å². The molecule has 0 unspecified atom stereocenters. The van der Waals surface area contributed by atoms with E-state index in [2.05, 4.69) is 4.98 Å². The van der Waals surface area contributed by atoms with Gasteiger partial charge in [0.05, 0.1) is 6.21 Å². The van der Waals surface area contributed by atoms with Crippen molar-refractivity contribution in [3.8, 4) is 0 Å². The average Bonchev–Trinajstić information content (AvgIpc) is 2.53. The molecule has 1 rings (SSSR count). The number of nitrogens with two attached hydrogens (primary N) is 1. The lowest BCUT2D eigenvalue weighted by Gasteiger charge is -1.99. The third-order valence-electron chi connectivity index (χ3n) is 1.15. The molecule has 0 aromatic carbocycles. The molecule has 58 valence electrons. The second kappa shape index (κ2) is 2.96. The number of halogens is 1. The number of allylic oxidation sites excluding steroid dienone is 1. The second-order valence-corrected chi connectivity index (χ2v) is 1.85. The molecule has 0 saturated carbocycles. The van der Waals surface area contributed by atoms with Crippen molar-refractivity contribution in [3.05, 3.63) is 24.5 Å². The first-order valence-corrected chi connectivity index (χ1v) is 2.89. The molecule has 0 amide bonds. The second-order valence-electron chi connectivity index (χ2n) is 1.85. The fourth-order valence-corrected chi connectivity index (χ4v) is 0.599. The Hall–Kier alpha value is -1.65. The van der Waals surface area contributed by atoms with Gasteiger partial charge in [-0.1, -0.05) is 0 Å². The van der Waals surface area contributed by atoms with Gasteiger partial charge >= 0.3 is 0 Å². The Kier molecular flexibility index (Phi) is 2.00. The van der Waals surface area contributed by atoms with Crippen molar-refractivity contribution in [2.24, 2.45) is 5.73 Å². The highest BCUT2D eigenvalue weighted by atomic mass is 19.1. The van der Waals surface area contributed by atoms with E-state index in [1.807, 2.05) is 0 Å². The normalized spacial score (nSPS) is 12.5. The summed E-state index contributed by atoms with van der Waals surface area (Å²) in [5, 5.41) is 6.57. The van der Waals surface area contributed by atoms with Crippen molar-refractivity contribution < 1.29 is 4.39 Å². The molecule has 0 aliphatic carbocycles. The molecule has 0 atom stereocenters. The minimum Gasteiger partial charge on any atom is -0.382 e. The van der Waals surface area contributed by atoms with Gasteiger partial charge in [0.2, 0.25) is 0 Å². The average molecular weight is 154 g/mol. The number of imidazole rings is 1. The minimum absolute atomic E-state index is 0.127. The summed E-state index contributed by atoms with van der Waals surface area (Å²) in [6, 6.07) is 0. The summed E-state index contributed by atoms with van der Waals surface area (Å²) in [5.41, 5.74) is 5.27. The van der Waals surface area contributed by atoms with Gasteiger partial charge in [0, 0.05) is 12.4 Å². The summed E-state index contributed by atoms with van der Waals surface area (Å²) in [4.78, 5) is 3.67. The SMILES string of the molecule is N=C/C(F)=C(\N)n1ccnc1. The Labute approximate surface area is 62.7 Å². The lowest BCUT2D eigenvalue weighted by molar-refractivity contribution is 0.678. The van der Waals surface area contributed by atoms with Crippen LogP contribution in [0, 0.1) is 5.41 Å². The van der Waals surface area contributed by atoms with E-state index in [1.54, 1.807) is 0 Å². The zero-order chi connectivity index (χ0) is 8.27. The van der Waals surface area contributed by atoms with Crippen molar-refractivity contribution >= 4 is 12.0 Å². The summed E-state index contributed by atoms with van der Waals surface area (Å²) < 4.78 is 13.8. The standard InChI is InChI=1S/C6H7FN4/c7-5(3-8)6(9)11-2-1-10-4-11/h1-4,8H,9H2/b6-5-,8-3?. The number of hydrogen-bond acceptors (Lipinski definition) is 3. The molecule has 5 heteroatoms. The zero-order valence-corrected chi connectivity index (χ0v) is 5.66. The Morgan fingerprint density at radius 1 is 1.73 bits per heavy atom. The monoisotopic (exact) mass is 154 g/mol. The molecular weight excluding hydrogens is 147 g/mol. The lowest BCUT2D eigenvalue weighted by Crippen LogP contribution is -2.06. The van der Waals surface area contributed by atoms with Crippen LogP contribution in [-0.2, 0) is 0 Å². The van der Waals surface area contributed by atoms with E-state index in [0.29, 0.717) is 6.21 Å². The summed E-state index contributed by atoms with van der Waals surface area (Å²) in [6.07, 6.45) is 4.89. The maximum atomic E-state index is 12.6. The third kappa shape index (κ3) is 1.43. The molecule has 1 aromatic rings. The van der Waals surface area contributed by atoms with Gasteiger partial charge in [0.15, 0.2) is 5.83 Å². The van der Waals surface area contributed by atoms with Gasteiger partial charge in [-0.2, -0.15) is 0 Å². The van der Waals surface area contributed by atoms with E-state index in [-0.39, 0.29) is 5.82 Å². The number of rotatable bonds is 2. The fraction of sp³-hybridized carbons (Fsp3) is 0. The Bertz CT molecular complexity index is 275. The van der Waals surface area contributed by atoms with Crippen LogP contribution in [0.4, 0.5) is 4.39 Å². The summed E-state index contributed by atoms with van der Waals surface area (Å²) in [5.74, 6) is -0.902. The van der Waals surface area contributed by atoms with Crippen LogP contribution in [-0.4, -0.2) is 15.8 Å². The molecule has 1 heterocycles. The van der Waals surface area contributed by atoms with Gasteiger partial charge in [-0.15, -0.1) is 0 Å². The van der Waals surface area contributed by atoms with Crippen molar-refractivity contribution in [2.75, 3.05) is 0 Å². The van der Waals surface area contributed by atoms with Gasteiger partial charge in [0.1, 0.15) is 12.1 Å². The van der Waals surface area contributed by atoms with Crippen LogP contribution in [0.1, 0.15) is 0 Å². The minimum atomic E-state index is -0.775. The highest BCUT2D eigenvalue weighted by Gasteiger charge is 1.99. The molecule has 11 heavy (non-hydrogen) atoms. The first-order chi connectivity index (χ1) is 5.25. The first kappa shape index (κ1) is 7.46. The van der Waals surface area contributed by atoms with Crippen LogP contribution in [0.5, 0.6) is 0 Å². The van der Waals surface area contributed by atoms with E-state index < -0.39 is 5.83 Å². The summed E-state index contributed by atoms with van der Waals surface area (Å²) >= 11 is 0. The summed E-state index contributed by atoms with van der Waals surface area (Å²) in [6.45, 7) is 0. The molecule has 1 aromatic heterocycles. The Morgan fingerprint density at radius 2 is 2.45 bits per heavy atom. The molecule has 0 spiro atoms. The largest absolute Gasteiger partial charge is 0.382 e. The van der Waals surface area contributed by atoms with E-state index in [4.69, 9.17) is 11.1 Å². The van der Waals surface area contributed by atoms with Crippen LogP contribution in [0.3, 0.4) is 0 Å². The molecule has 0 bridgehead atoms. The first-order valence-electron chi connectivity index (χ1n) is 2.89. The summed E-state index contributed by atoms with van der Waals surface area (Å²) in [7, 11) is 0. The van der Waals surface area contributed by atoms with Gasteiger partial charge in [0.25, 0.3) is 0 Å². The molecule has 0 radical (unpaired) electrons. The lowest BCUT2D eigenvalue weighted by atomic mass is 10.5. The quantitative estimate of drug-likeness (QED) is 0.612. The topological polar surface area (TPSA) is 67.7 Å². The van der Waals surface area contributed by atoms with Crippen LogP contribution in [0.25, 0.3) is 5.82 Å². The zero-order valence-electron chi connectivity index (χ0n) is 5.66. The van der Waals surface area contributed by atoms with E-state index in [9.17, 15) is 4.39 Å². The maximum absolute atomic E-state index is 12.6. The molecular formula is C6H7FN4. The predicted molar refractivity (Wildman–Crippen MR) is 39.5 cm³/mol. The number of hydrogen-bond donors (Lipinski definition) is 2. The highest BCUT2D eigenvalue weighted by Crippen LogP contribution is 2.02. The smallest absolute Gasteiger partial charge is 0.181 e. The van der Waals surface area contributed by atoms with Crippen LogP contribution in [0.2, 0.25) is 0 Å². The van der Waals surface area contributed by atoms with Crippen molar-refractivity contribution in [3.63, 3.8) is 0 Å². The molecule has 3 N–H and O–H groups in total. The molecule has 0 saturated heterocycles. The van der Waals surface area contributed by atoms with Crippen molar-refractivity contribution in [2.45, 2.75) is 0 Å². The fourth-order valence-electron chi connectivity index (χ4n) is 0.599. The third-order valence-corrected chi connectivity index (χ3v) is 1.15. The molecule has 0 aliphatic heterocycles. The van der Waals surface area contributed by atoms with Crippen LogP contribution >= 0.6 is 0 Å². The van der Waals surface area contributed by atoms with E-state index in [0.717, 1.165) is 0 Å². The van der Waals surface area contributed by atoms with E-state index >= 15 is 0 Å². The number of nitrogens with one attached hydrogen (secondary N) is 1. The van der Waals surface area contributed by atoms with Gasteiger partial charge in [-0.05, 0) is 0 Å². The van der Waals surface area contributed by atoms with Crippen LogP contribution < -0.4 is 5.73 Å². The van der Waals surface area contributed by atoms with Crippen molar-refractivity contribution in [1.82, 2.24) is 9.55 Å². The maximum Gasteiger partial charge on any atom is 0.181 e. The Balaban J connectivity index is 3.02. The van der Waals surface area contributed by atoms with Crippen molar-refractivity contribution in [1.29, 1.82) is 5.41 Å².